The number of aromatic nitrogens is 1. The fraction of sp³-hybridized carbons (Fsp3) is 0.643. The van der Waals surface area contributed by atoms with Crippen molar-refractivity contribution in [3.05, 3.63) is 23.9 Å². The van der Waals surface area contributed by atoms with Gasteiger partial charge in [0.15, 0.2) is 0 Å². The van der Waals surface area contributed by atoms with Crippen molar-refractivity contribution in [1.82, 2.24) is 10.3 Å². The maximum Gasteiger partial charge on any atom is 0.218 e. The lowest BCUT2D eigenvalue weighted by molar-refractivity contribution is 0.229. The average molecular weight is 282 g/mol. The van der Waals surface area contributed by atoms with Crippen molar-refractivity contribution >= 4 is 10.8 Å². The number of nitrogens with one attached hydrogen (secondary N) is 1. The second-order valence-corrected chi connectivity index (χ2v) is 6.83. The normalized spacial score (nSPS) is 23.5. The molecular formula is C14H22N2O2S. The Morgan fingerprint density at radius 3 is 2.89 bits per heavy atom. The van der Waals surface area contributed by atoms with Crippen molar-refractivity contribution in [2.45, 2.75) is 45.4 Å². The third-order valence-electron chi connectivity index (χ3n) is 3.17. The van der Waals surface area contributed by atoms with Crippen LogP contribution in [0.25, 0.3) is 0 Å². The predicted molar refractivity (Wildman–Crippen MR) is 77.7 cm³/mol. The molecule has 0 saturated carbocycles. The summed E-state index contributed by atoms with van der Waals surface area (Å²) in [5.41, 5.74) is 1.09. The molecule has 0 amide bonds. The molecule has 106 valence electrons. The van der Waals surface area contributed by atoms with Crippen LogP contribution in [0.4, 0.5) is 0 Å². The van der Waals surface area contributed by atoms with Crippen LogP contribution in [-0.4, -0.2) is 32.8 Å². The summed E-state index contributed by atoms with van der Waals surface area (Å²) in [7, 11) is -0.598. The van der Waals surface area contributed by atoms with Crippen molar-refractivity contribution in [1.29, 1.82) is 0 Å². The van der Waals surface area contributed by atoms with Gasteiger partial charge in [0.25, 0.3) is 0 Å². The van der Waals surface area contributed by atoms with Gasteiger partial charge in [0, 0.05) is 46.7 Å². The van der Waals surface area contributed by atoms with E-state index in [9.17, 15) is 4.21 Å². The van der Waals surface area contributed by atoms with Gasteiger partial charge >= 0.3 is 0 Å². The standard InChI is InChI=1S/C14H22N2O2S/c1-11(2)18-14-12(4-3-7-15-14)10-16-13-5-8-19(17)9-6-13/h3-4,7,11,13,16H,5-6,8-10H2,1-2H3. The van der Waals surface area contributed by atoms with Crippen LogP contribution in [0.2, 0.25) is 0 Å². The Kier molecular flexibility index (Phi) is 5.34. The number of nitrogens with zero attached hydrogens (tertiary/aromatic N) is 1. The molecule has 0 bridgehead atoms. The van der Waals surface area contributed by atoms with Crippen molar-refractivity contribution in [3.63, 3.8) is 0 Å². The Hall–Kier alpha value is -0.940. The molecule has 1 fully saturated rings. The topological polar surface area (TPSA) is 51.2 Å². The summed E-state index contributed by atoms with van der Waals surface area (Å²) in [6, 6.07) is 4.43. The molecule has 1 saturated heterocycles. The Morgan fingerprint density at radius 2 is 2.21 bits per heavy atom. The Labute approximate surface area is 117 Å². The van der Waals surface area contributed by atoms with Crippen LogP contribution in [0.1, 0.15) is 32.3 Å². The van der Waals surface area contributed by atoms with Crippen LogP contribution >= 0.6 is 0 Å². The van der Waals surface area contributed by atoms with Gasteiger partial charge < -0.3 is 10.1 Å². The summed E-state index contributed by atoms with van der Waals surface area (Å²) in [6.45, 7) is 4.76. The molecule has 1 aliphatic rings. The highest BCUT2D eigenvalue weighted by Gasteiger charge is 2.17. The lowest BCUT2D eigenvalue weighted by Gasteiger charge is -2.23. The molecular weight excluding hydrogens is 260 g/mol. The smallest absolute Gasteiger partial charge is 0.218 e. The van der Waals surface area contributed by atoms with Gasteiger partial charge in [0.05, 0.1) is 6.10 Å². The average Bonchev–Trinajstić information content (AvgIpc) is 2.39. The van der Waals surface area contributed by atoms with Crippen LogP contribution in [0.5, 0.6) is 5.88 Å². The highest BCUT2D eigenvalue weighted by atomic mass is 32.2. The van der Waals surface area contributed by atoms with Crippen LogP contribution in [0.3, 0.4) is 0 Å². The van der Waals surface area contributed by atoms with Gasteiger partial charge in [0.1, 0.15) is 0 Å². The molecule has 0 spiro atoms. The molecule has 0 aliphatic carbocycles. The lowest BCUT2D eigenvalue weighted by atomic mass is 10.1. The maximum absolute atomic E-state index is 11.3. The Bertz CT molecular complexity index is 427. The third-order valence-corrected chi connectivity index (χ3v) is 4.55. The highest BCUT2D eigenvalue weighted by Crippen LogP contribution is 2.17. The molecule has 0 aromatic carbocycles. The first-order valence-electron chi connectivity index (χ1n) is 6.84. The summed E-state index contributed by atoms with van der Waals surface area (Å²) in [5, 5.41) is 3.52. The van der Waals surface area contributed by atoms with Gasteiger partial charge in [-0.1, -0.05) is 6.07 Å². The fourth-order valence-electron chi connectivity index (χ4n) is 2.14. The SMILES string of the molecule is CC(C)Oc1ncccc1CNC1CCS(=O)CC1. The van der Waals surface area contributed by atoms with E-state index in [1.807, 2.05) is 26.0 Å². The highest BCUT2D eigenvalue weighted by molar-refractivity contribution is 7.85. The molecule has 0 atom stereocenters. The van der Waals surface area contributed by atoms with Gasteiger partial charge in [-0.2, -0.15) is 0 Å². The second kappa shape index (κ2) is 7.01. The van der Waals surface area contributed by atoms with E-state index < -0.39 is 10.8 Å². The van der Waals surface area contributed by atoms with E-state index in [-0.39, 0.29) is 6.10 Å². The van der Waals surface area contributed by atoms with Crippen molar-refractivity contribution in [2.75, 3.05) is 11.5 Å². The van der Waals surface area contributed by atoms with E-state index in [1.54, 1.807) is 6.20 Å². The van der Waals surface area contributed by atoms with Crippen LogP contribution in [-0.2, 0) is 17.3 Å². The van der Waals surface area contributed by atoms with Crippen molar-refractivity contribution in [3.8, 4) is 5.88 Å². The third kappa shape index (κ3) is 4.58. The molecule has 1 N–H and O–H groups in total. The zero-order valence-electron chi connectivity index (χ0n) is 11.6. The van der Waals surface area contributed by atoms with Crippen LogP contribution < -0.4 is 10.1 Å². The largest absolute Gasteiger partial charge is 0.475 e. The number of rotatable bonds is 5. The molecule has 1 aliphatic heterocycles. The Balaban J connectivity index is 1.90. The van der Waals surface area contributed by atoms with Crippen molar-refractivity contribution < 1.29 is 8.95 Å². The van der Waals surface area contributed by atoms with E-state index in [0.717, 1.165) is 36.5 Å². The maximum atomic E-state index is 11.3. The molecule has 0 unspecified atom stereocenters. The molecule has 19 heavy (non-hydrogen) atoms. The first-order chi connectivity index (χ1) is 9.15. The summed E-state index contributed by atoms with van der Waals surface area (Å²) < 4.78 is 17.0. The molecule has 1 aromatic rings. The fourth-order valence-corrected chi connectivity index (χ4v) is 3.44. The van der Waals surface area contributed by atoms with E-state index in [1.165, 1.54) is 0 Å². The van der Waals surface area contributed by atoms with E-state index in [4.69, 9.17) is 4.74 Å². The quantitative estimate of drug-likeness (QED) is 0.896. The lowest BCUT2D eigenvalue weighted by Crippen LogP contribution is -2.35. The van der Waals surface area contributed by atoms with Gasteiger partial charge in [-0.25, -0.2) is 4.98 Å². The van der Waals surface area contributed by atoms with E-state index in [0.29, 0.717) is 11.9 Å². The molecule has 1 aromatic heterocycles. The van der Waals surface area contributed by atoms with Gasteiger partial charge in [-0.3, -0.25) is 4.21 Å². The minimum absolute atomic E-state index is 0.130. The van der Waals surface area contributed by atoms with Crippen molar-refractivity contribution in [2.24, 2.45) is 0 Å². The number of pyridine rings is 1. The summed E-state index contributed by atoms with van der Waals surface area (Å²) in [6.07, 6.45) is 3.87. The number of hydrogen-bond donors (Lipinski definition) is 1. The van der Waals surface area contributed by atoms with E-state index in [2.05, 4.69) is 10.3 Å². The summed E-state index contributed by atoms with van der Waals surface area (Å²) in [4.78, 5) is 4.28. The number of ether oxygens (including phenoxy) is 1. The molecule has 0 radical (unpaired) electrons. The molecule has 2 heterocycles. The number of hydrogen-bond acceptors (Lipinski definition) is 4. The molecule has 5 heteroatoms. The Morgan fingerprint density at radius 1 is 1.47 bits per heavy atom. The second-order valence-electron chi connectivity index (χ2n) is 5.14. The minimum atomic E-state index is -0.598. The van der Waals surface area contributed by atoms with Crippen LogP contribution in [0, 0.1) is 0 Å². The summed E-state index contributed by atoms with van der Waals surface area (Å²) >= 11 is 0. The zero-order valence-corrected chi connectivity index (χ0v) is 12.4. The molecule has 4 nitrogen and oxygen atoms in total. The van der Waals surface area contributed by atoms with Gasteiger partial charge in [0.2, 0.25) is 5.88 Å². The monoisotopic (exact) mass is 282 g/mol. The molecule has 2 rings (SSSR count). The summed E-state index contributed by atoms with van der Waals surface area (Å²) in [5.74, 6) is 2.35. The van der Waals surface area contributed by atoms with Crippen LogP contribution in [0.15, 0.2) is 18.3 Å². The van der Waals surface area contributed by atoms with E-state index >= 15 is 0 Å². The van der Waals surface area contributed by atoms with Gasteiger partial charge in [-0.05, 0) is 32.8 Å². The first-order valence-corrected chi connectivity index (χ1v) is 8.33. The minimum Gasteiger partial charge on any atom is -0.475 e. The first kappa shape index (κ1) is 14.5. The van der Waals surface area contributed by atoms with Gasteiger partial charge in [-0.15, -0.1) is 0 Å². The zero-order chi connectivity index (χ0) is 13.7. The predicted octanol–water partition coefficient (Wildman–Crippen LogP) is 1.87.